The van der Waals surface area contributed by atoms with Gasteiger partial charge in [0.25, 0.3) is 0 Å². The number of benzene rings is 1. The molecule has 1 fully saturated rings. The van der Waals surface area contributed by atoms with Crippen molar-refractivity contribution in [2.45, 2.75) is 19.4 Å². The summed E-state index contributed by atoms with van der Waals surface area (Å²) in [6.07, 6.45) is 1.91. The average Bonchev–Trinajstić information content (AvgIpc) is 2.65. The van der Waals surface area contributed by atoms with E-state index in [0.717, 1.165) is 37.2 Å². The summed E-state index contributed by atoms with van der Waals surface area (Å²) < 4.78 is 16.2. The summed E-state index contributed by atoms with van der Waals surface area (Å²) >= 11 is 0. The normalized spacial score (nSPS) is 17.8. The van der Waals surface area contributed by atoms with Crippen LogP contribution in [0.2, 0.25) is 0 Å². The predicted octanol–water partition coefficient (Wildman–Crippen LogP) is 0.999. The van der Waals surface area contributed by atoms with Crippen LogP contribution in [0.4, 0.5) is 0 Å². The molecule has 1 amide bonds. The lowest BCUT2D eigenvalue weighted by Gasteiger charge is -2.32. The number of rotatable bonds is 8. The van der Waals surface area contributed by atoms with Crippen LogP contribution < -0.4 is 25.3 Å². The molecule has 7 heteroatoms. The fraction of sp³-hybridized carbons (Fsp3) is 0.611. The van der Waals surface area contributed by atoms with Crippen molar-refractivity contribution < 1.29 is 19.0 Å². The Labute approximate surface area is 149 Å². The van der Waals surface area contributed by atoms with Crippen LogP contribution in [0.5, 0.6) is 17.2 Å². The monoisotopic (exact) mass is 351 g/mol. The first-order valence-electron chi connectivity index (χ1n) is 8.62. The maximum atomic E-state index is 12.2. The van der Waals surface area contributed by atoms with Gasteiger partial charge in [0.05, 0.1) is 27.2 Å². The molecule has 1 unspecified atom stereocenters. The van der Waals surface area contributed by atoms with Crippen molar-refractivity contribution in [2.24, 2.45) is 11.7 Å². The van der Waals surface area contributed by atoms with Crippen molar-refractivity contribution in [3.8, 4) is 17.2 Å². The second-order valence-corrected chi connectivity index (χ2v) is 6.17. The fourth-order valence-corrected chi connectivity index (χ4v) is 3.21. The van der Waals surface area contributed by atoms with Crippen LogP contribution in [0.25, 0.3) is 0 Å². The molecule has 2 rings (SSSR count). The molecule has 25 heavy (non-hydrogen) atoms. The minimum Gasteiger partial charge on any atom is -0.496 e. The first-order chi connectivity index (χ1) is 12.1. The molecule has 0 aromatic heterocycles. The number of nitrogens with one attached hydrogen (secondary N) is 1. The SMILES string of the molecule is COc1cc(OC)c(OC)cc1CN1CCCC(C(=O)NCCN)C1. The van der Waals surface area contributed by atoms with E-state index < -0.39 is 0 Å². The third-order valence-electron chi connectivity index (χ3n) is 4.50. The maximum Gasteiger partial charge on any atom is 0.224 e. The summed E-state index contributed by atoms with van der Waals surface area (Å²) in [5.74, 6) is 2.17. The quantitative estimate of drug-likeness (QED) is 0.727. The van der Waals surface area contributed by atoms with Gasteiger partial charge in [-0.15, -0.1) is 0 Å². The Hall–Kier alpha value is -1.99. The molecule has 3 N–H and O–H groups in total. The molecule has 1 aliphatic rings. The van der Waals surface area contributed by atoms with Gasteiger partial charge in [-0.1, -0.05) is 0 Å². The Kier molecular flexibility index (Phi) is 7.33. The Morgan fingerprint density at radius 1 is 1.20 bits per heavy atom. The molecule has 0 radical (unpaired) electrons. The van der Waals surface area contributed by atoms with Gasteiger partial charge in [0, 0.05) is 37.8 Å². The molecule has 1 aromatic carbocycles. The Morgan fingerprint density at radius 2 is 1.88 bits per heavy atom. The number of amides is 1. The number of likely N-dealkylation sites (tertiary alicyclic amines) is 1. The van der Waals surface area contributed by atoms with Crippen LogP contribution in [0.15, 0.2) is 12.1 Å². The standard InChI is InChI=1S/C18H29N3O4/c1-23-15-10-17(25-3)16(24-2)9-14(15)12-21-8-4-5-13(11-21)18(22)20-7-6-19/h9-10,13H,4-8,11-12,19H2,1-3H3,(H,20,22). The summed E-state index contributed by atoms with van der Waals surface area (Å²) in [7, 11) is 4.86. The van der Waals surface area contributed by atoms with Crippen molar-refractivity contribution in [1.82, 2.24) is 10.2 Å². The molecule has 0 spiro atoms. The highest BCUT2D eigenvalue weighted by atomic mass is 16.5. The lowest BCUT2D eigenvalue weighted by atomic mass is 9.96. The summed E-state index contributed by atoms with van der Waals surface area (Å²) in [6, 6.07) is 3.78. The van der Waals surface area contributed by atoms with Crippen LogP contribution in [-0.4, -0.2) is 58.3 Å². The molecule has 1 aromatic rings. The number of ether oxygens (including phenoxy) is 3. The highest BCUT2D eigenvalue weighted by Gasteiger charge is 2.26. The van der Waals surface area contributed by atoms with Gasteiger partial charge >= 0.3 is 0 Å². The molecule has 1 aliphatic heterocycles. The van der Waals surface area contributed by atoms with Crippen LogP contribution in [0, 0.1) is 5.92 Å². The fourth-order valence-electron chi connectivity index (χ4n) is 3.21. The zero-order chi connectivity index (χ0) is 18.2. The van der Waals surface area contributed by atoms with E-state index in [1.54, 1.807) is 21.3 Å². The van der Waals surface area contributed by atoms with Gasteiger partial charge in [0.1, 0.15) is 5.75 Å². The lowest BCUT2D eigenvalue weighted by molar-refractivity contribution is -0.126. The third-order valence-corrected chi connectivity index (χ3v) is 4.50. The number of nitrogens with two attached hydrogens (primary N) is 1. The second kappa shape index (κ2) is 9.48. The van der Waals surface area contributed by atoms with Crippen molar-refractivity contribution in [2.75, 3.05) is 47.5 Å². The van der Waals surface area contributed by atoms with E-state index in [2.05, 4.69) is 10.2 Å². The predicted molar refractivity (Wildman–Crippen MR) is 96.2 cm³/mol. The minimum absolute atomic E-state index is 0.00596. The van der Waals surface area contributed by atoms with Crippen molar-refractivity contribution in [1.29, 1.82) is 0 Å². The number of methoxy groups -OCH3 is 3. The molecule has 140 valence electrons. The van der Waals surface area contributed by atoms with E-state index >= 15 is 0 Å². The Morgan fingerprint density at radius 3 is 2.52 bits per heavy atom. The van der Waals surface area contributed by atoms with E-state index in [1.807, 2.05) is 12.1 Å². The van der Waals surface area contributed by atoms with Crippen LogP contribution in [0.1, 0.15) is 18.4 Å². The highest BCUT2D eigenvalue weighted by Crippen LogP contribution is 2.35. The van der Waals surface area contributed by atoms with E-state index in [4.69, 9.17) is 19.9 Å². The molecule has 0 aliphatic carbocycles. The number of piperidine rings is 1. The van der Waals surface area contributed by atoms with Gasteiger partial charge < -0.3 is 25.3 Å². The topological polar surface area (TPSA) is 86.0 Å². The van der Waals surface area contributed by atoms with E-state index in [0.29, 0.717) is 31.1 Å². The molecule has 0 bridgehead atoms. The molecular formula is C18H29N3O4. The third kappa shape index (κ3) is 4.99. The minimum atomic E-state index is 0.00596. The molecule has 0 saturated carbocycles. The van der Waals surface area contributed by atoms with Crippen LogP contribution >= 0.6 is 0 Å². The Balaban J connectivity index is 2.09. The first kappa shape index (κ1) is 19.3. The summed E-state index contributed by atoms with van der Waals surface area (Å²) in [4.78, 5) is 14.5. The summed E-state index contributed by atoms with van der Waals surface area (Å²) in [5, 5.41) is 2.89. The number of hydrogen-bond acceptors (Lipinski definition) is 6. The van der Waals surface area contributed by atoms with E-state index in [1.165, 1.54) is 0 Å². The van der Waals surface area contributed by atoms with Crippen LogP contribution in [-0.2, 0) is 11.3 Å². The molecule has 7 nitrogen and oxygen atoms in total. The second-order valence-electron chi connectivity index (χ2n) is 6.17. The van der Waals surface area contributed by atoms with Crippen molar-refractivity contribution in [3.63, 3.8) is 0 Å². The summed E-state index contributed by atoms with van der Waals surface area (Å²) in [5.41, 5.74) is 6.47. The maximum absolute atomic E-state index is 12.2. The van der Waals surface area contributed by atoms with Crippen molar-refractivity contribution in [3.05, 3.63) is 17.7 Å². The molecule has 1 saturated heterocycles. The zero-order valence-corrected chi connectivity index (χ0v) is 15.3. The van der Waals surface area contributed by atoms with Crippen molar-refractivity contribution >= 4 is 5.91 Å². The van der Waals surface area contributed by atoms with Gasteiger partial charge in [-0.3, -0.25) is 9.69 Å². The number of hydrogen-bond donors (Lipinski definition) is 2. The first-order valence-corrected chi connectivity index (χ1v) is 8.62. The average molecular weight is 351 g/mol. The molecule has 1 heterocycles. The zero-order valence-electron chi connectivity index (χ0n) is 15.3. The van der Waals surface area contributed by atoms with Gasteiger partial charge in [0.2, 0.25) is 5.91 Å². The van der Waals surface area contributed by atoms with Gasteiger partial charge in [-0.2, -0.15) is 0 Å². The Bertz CT molecular complexity index is 580. The lowest BCUT2D eigenvalue weighted by Crippen LogP contribution is -2.43. The molecule has 1 atom stereocenters. The molecular weight excluding hydrogens is 322 g/mol. The van der Waals surface area contributed by atoms with Gasteiger partial charge in [-0.25, -0.2) is 0 Å². The number of nitrogens with zero attached hydrogens (tertiary/aromatic N) is 1. The largest absolute Gasteiger partial charge is 0.496 e. The number of carbonyl (C=O) groups excluding carboxylic acids is 1. The number of carbonyl (C=O) groups is 1. The van der Waals surface area contributed by atoms with Gasteiger partial charge in [-0.05, 0) is 25.5 Å². The van der Waals surface area contributed by atoms with E-state index in [9.17, 15) is 4.79 Å². The summed E-state index contributed by atoms with van der Waals surface area (Å²) in [6.45, 7) is 3.38. The van der Waals surface area contributed by atoms with Gasteiger partial charge in [0.15, 0.2) is 11.5 Å². The van der Waals surface area contributed by atoms with E-state index in [-0.39, 0.29) is 11.8 Å². The highest BCUT2D eigenvalue weighted by molar-refractivity contribution is 5.78. The van der Waals surface area contributed by atoms with Crippen LogP contribution in [0.3, 0.4) is 0 Å². The smallest absolute Gasteiger partial charge is 0.224 e.